The molecule has 8 nitrogen and oxygen atoms in total. The van der Waals surface area contributed by atoms with E-state index in [-0.39, 0.29) is 16.7 Å². The van der Waals surface area contributed by atoms with Crippen molar-refractivity contribution in [2.24, 2.45) is 23.0 Å². The summed E-state index contributed by atoms with van der Waals surface area (Å²) >= 11 is 1.39. The third kappa shape index (κ3) is 5.19. The first-order valence-electron chi connectivity index (χ1n) is 12.2. The van der Waals surface area contributed by atoms with E-state index in [1.807, 2.05) is 4.90 Å². The minimum Gasteiger partial charge on any atom is -0.366 e. The van der Waals surface area contributed by atoms with Gasteiger partial charge >= 0.3 is 0 Å². The highest BCUT2D eigenvalue weighted by atomic mass is 32.1. The molecule has 1 aromatic carbocycles. The zero-order valence-electron chi connectivity index (χ0n) is 20.8. The summed E-state index contributed by atoms with van der Waals surface area (Å²) < 4.78 is 0. The van der Waals surface area contributed by atoms with E-state index in [0.717, 1.165) is 55.6 Å². The SMILES string of the molecule is CC1CCN(c2ccc(C(=O)Nc3sc4c(c3C(N)=O)CC[C@H](C(C)(C)C)C4)cc2[N+](=O)[O-])CC1. The van der Waals surface area contributed by atoms with E-state index in [1.54, 1.807) is 12.1 Å². The van der Waals surface area contributed by atoms with Gasteiger partial charge in [-0.05, 0) is 67.1 Å². The normalized spacial score (nSPS) is 18.7. The molecule has 1 aliphatic heterocycles. The van der Waals surface area contributed by atoms with Crippen LogP contribution in [0.3, 0.4) is 0 Å². The molecule has 1 atom stereocenters. The predicted molar refractivity (Wildman–Crippen MR) is 139 cm³/mol. The van der Waals surface area contributed by atoms with E-state index < -0.39 is 16.7 Å². The number of nitrogens with zero attached hydrogens (tertiary/aromatic N) is 2. The maximum Gasteiger partial charge on any atom is 0.293 e. The first kappa shape index (κ1) is 25.2. The van der Waals surface area contributed by atoms with Gasteiger partial charge in [-0.1, -0.05) is 27.7 Å². The van der Waals surface area contributed by atoms with Gasteiger partial charge in [0.15, 0.2) is 0 Å². The van der Waals surface area contributed by atoms with E-state index in [0.29, 0.717) is 28.1 Å². The topological polar surface area (TPSA) is 119 Å². The van der Waals surface area contributed by atoms with Gasteiger partial charge in [0.25, 0.3) is 17.5 Å². The van der Waals surface area contributed by atoms with Crippen LogP contribution in [0.4, 0.5) is 16.4 Å². The van der Waals surface area contributed by atoms with Crippen LogP contribution < -0.4 is 16.0 Å². The Balaban J connectivity index is 1.60. The fraction of sp³-hybridized carbons (Fsp3) is 0.538. The van der Waals surface area contributed by atoms with E-state index in [2.05, 4.69) is 33.0 Å². The van der Waals surface area contributed by atoms with Crippen molar-refractivity contribution in [3.8, 4) is 0 Å². The molecular weight excluding hydrogens is 464 g/mol. The van der Waals surface area contributed by atoms with Gasteiger partial charge < -0.3 is 16.0 Å². The summed E-state index contributed by atoms with van der Waals surface area (Å²) in [5, 5.41) is 15.1. The van der Waals surface area contributed by atoms with E-state index in [9.17, 15) is 19.7 Å². The summed E-state index contributed by atoms with van der Waals surface area (Å²) in [4.78, 5) is 40.0. The van der Waals surface area contributed by atoms with Gasteiger partial charge in [-0.2, -0.15) is 0 Å². The number of carbonyl (C=O) groups excluding carboxylic acids is 2. The molecule has 188 valence electrons. The standard InChI is InChI=1S/C26H34N4O4S/c1-15-9-11-29(12-10-15)19-8-5-16(13-20(19)30(33)34)24(32)28-25-22(23(27)31)18-7-6-17(26(2,3)4)14-21(18)35-25/h5,8,13,15,17H,6-7,9-12,14H2,1-4H3,(H2,27,31)(H,28,32)/t17-/m0/s1. The molecule has 4 rings (SSSR count). The van der Waals surface area contributed by atoms with Gasteiger partial charge in [-0.15, -0.1) is 11.3 Å². The number of nitrogens with two attached hydrogens (primary N) is 1. The summed E-state index contributed by atoms with van der Waals surface area (Å²) in [7, 11) is 0. The number of nitrogens with one attached hydrogen (secondary N) is 1. The second-order valence-corrected chi connectivity index (χ2v) is 12.1. The molecule has 0 saturated carbocycles. The largest absolute Gasteiger partial charge is 0.366 e. The number of nitro benzene ring substituents is 1. The van der Waals surface area contributed by atoms with Gasteiger partial charge in [-0.3, -0.25) is 19.7 Å². The number of primary amides is 1. The molecule has 1 fully saturated rings. The average molecular weight is 499 g/mol. The Kier molecular flexibility index (Phi) is 6.90. The Bertz CT molecular complexity index is 1160. The fourth-order valence-corrected chi connectivity index (χ4v) is 6.50. The van der Waals surface area contributed by atoms with Crippen LogP contribution in [0.2, 0.25) is 0 Å². The zero-order chi connectivity index (χ0) is 25.5. The molecule has 0 bridgehead atoms. The number of benzene rings is 1. The molecule has 1 aromatic heterocycles. The lowest BCUT2D eigenvalue weighted by atomic mass is 9.72. The number of carbonyl (C=O) groups is 2. The maximum absolute atomic E-state index is 13.1. The summed E-state index contributed by atoms with van der Waals surface area (Å²) in [5.74, 6) is 0.0315. The van der Waals surface area contributed by atoms with Crippen molar-refractivity contribution in [2.75, 3.05) is 23.3 Å². The first-order valence-corrected chi connectivity index (χ1v) is 13.1. The van der Waals surface area contributed by atoms with Gasteiger partial charge in [0, 0.05) is 29.6 Å². The molecule has 9 heteroatoms. The Hall–Kier alpha value is -2.94. The molecule has 0 radical (unpaired) electrons. The van der Waals surface area contributed by atoms with Crippen LogP contribution in [0.1, 0.15) is 78.1 Å². The molecule has 2 heterocycles. The molecule has 0 unspecified atom stereocenters. The van der Waals surface area contributed by atoms with Crippen molar-refractivity contribution >= 4 is 39.5 Å². The number of fused-ring (bicyclic) bond motifs is 1. The van der Waals surface area contributed by atoms with Crippen LogP contribution in [0.15, 0.2) is 18.2 Å². The number of hydrogen-bond acceptors (Lipinski definition) is 6. The summed E-state index contributed by atoms with van der Waals surface area (Å²) in [6.07, 6.45) is 4.51. The van der Waals surface area contributed by atoms with E-state index >= 15 is 0 Å². The van der Waals surface area contributed by atoms with Crippen LogP contribution in [0.5, 0.6) is 0 Å². The summed E-state index contributed by atoms with van der Waals surface area (Å²) in [6.45, 7) is 10.3. The molecule has 35 heavy (non-hydrogen) atoms. The average Bonchev–Trinajstić information content (AvgIpc) is 3.15. The third-order valence-electron chi connectivity index (χ3n) is 7.52. The highest BCUT2D eigenvalue weighted by Crippen LogP contribution is 2.44. The molecular formula is C26H34N4O4S. The predicted octanol–water partition coefficient (Wildman–Crippen LogP) is 5.39. The lowest BCUT2D eigenvalue weighted by molar-refractivity contribution is -0.384. The summed E-state index contributed by atoms with van der Waals surface area (Å²) in [6, 6.07) is 4.60. The molecule has 2 aliphatic rings. The lowest BCUT2D eigenvalue weighted by Gasteiger charge is -2.33. The number of anilines is 2. The van der Waals surface area contributed by atoms with Crippen LogP contribution in [0.25, 0.3) is 0 Å². The van der Waals surface area contributed by atoms with Crippen LogP contribution in [-0.2, 0) is 12.8 Å². The number of amides is 2. The Labute approximate surface area is 210 Å². The van der Waals surface area contributed by atoms with Gasteiger partial charge in [0.05, 0.1) is 10.5 Å². The van der Waals surface area contributed by atoms with Crippen molar-refractivity contribution in [2.45, 2.75) is 59.8 Å². The van der Waals surface area contributed by atoms with Crippen molar-refractivity contribution in [3.05, 3.63) is 49.9 Å². The molecule has 2 aromatic rings. The van der Waals surface area contributed by atoms with Crippen molar-refractivity contribution in [1.82, 2.24) is 0 Å². The fourth-order valence-electron chi connectivity index (χ4n) is 5.18. The third-order valence-corrected chi connectivity index (χ3v) is 8.69. The Morgan fingerprint density at radius 3 is 2.49 bits per heavy atom. The number of hydrogen-bond donors (Lipinski definition) is 2. The minimum absolute atomic E-state index is 0.0826. The Morgan fingerprint density at radius 2 is 1.89 bits per heavy atom. The lowest BCUT2D eigenvalue weighted by Crippen LogP contribution is -2.33. The zero-order valence-corrected chi connectivity index (χ0v) is 21.7. The smallest absolute Gasteiger partial charge is 0.293 e. The number of nitro groups is 1. The van der Waals surface area contributed by atoms with Gasteiger partial charge in [0.2, 0.25) is 0 Å². The van der Waals surface area contributed by atoms with E-state index in [1.165, 1.54) is 17.4 Å². The molecule has 3 N–H and O–H groups in total. The molecule has 0 spiro atoms. The molecule has 1 saturated heterocycles. The second-order valence-electron chi connectivity index (χ2n) is 11.0. The van der Waals surface area contributed by atoms with Crippen molar-refractivity contribution in [3.63, 3.8) is 0 Å². The highest BCUT2D eigenvalue weighted by molar-refractivity contribution is 7.17. The van der Waals surface area contributed by atoms with Gasteiger partial charge in [0.1, 0.15) is 10.7 Å². The Morgan fingerprint density at radius 1 is 1.20 bits per heavy atom. The minimum atomic E-state index is -0.562. The van der Waals surface area contributed by atoms with Crippen LogP contribution in [-0.4, -0.2) is 29.8 Å². The number of thiophene rings is 1. The monoisotopic (exact) mass is 498 g/mol. The highest BCUT2D eigenvalue weighted by Gasteiger charge is 2.34. The van der Waals surface area contributed by atoms with Gasteiger partial charge in [-0.25, -0.2) is 0 Å². The maximum atomic E-state index is 13.1. The molecule has 1 aliphatic carbocycles. The van der Waals surface area contributed by atoms with Crippen LogP contribution >= 0.6 is 11.3 Å². The van der Waals surface area contributed by atoms with Crippen molar-refractivity contribution < 1.29 is 14.5 Å². The first-order chi connectivity index (χ1) is 16.5. The number of rotatable bonds is 5. The van der Waals surface area contributed by atoms with E-state index in [4.69, 9.17) is 5.73 Å². The number of piperidine rings is 1. The second kappa shape index (κ2) is 9.60. The van der Waals surface area contributed by atoms with Crippen LogP contribution in [0, 0.1) is 27.4 Å². The quantitative estimate of drug-likeness (QED) is 0.423. The van der Waals surface area contributed by atoms with Crippen molar-refractivity contribution in [1.29, 1.82) is 0 Å². The summed E-state index contributed by atoms with van der Waals surface area (Å²) in [5.41, 5.74) is 7.80. The molecule has 2 amide bonds.